The van der Waals surface area contributed by atoms with Gasteiger partial charge in [0.15, 0.2) is 0 Å². The lowest BCUT2D eigenvalue weighted by Gasteiger charge is -2.47. The van der Waals surface area contributed by atoms with E-state index >= 15 is 0 Å². The monoisotopic (exact) mass is 247 g/mol. The lowest BCUT2D eigenvalue weighted by molar-refractivity contribution is -0.164. The van der Waals surface area contributed by atoms with Crippen LogP contribution in [-0.4, -0.2) is 59.3 Å². The van der Waals surface area contributed by atoms with Crippen molar-refractivity contribution >= 4 is 17.7 Å². The van der Waals surface area contributed by atoms with Crippen LogP contribution in [0, 0.1) is 0 Å². The quantitative estimate of drug-likeness (QED) is 0.655. The van der Waals surface area contributed by atoms with Gasteiger partial charge in [-0.25, -0.2) is 4.79 Å². The van der Waals surface area contributed by atoms with Gasteiger partial charge in [-0.15, -0.1) is 0 Å². The minimum absolute atomic E-state index is 0.184. The summed E-state index contributed by atoms with van der Waals surface area (Å²) in [7, 11) is 0. The van der Waals surface area contributed by atoms with E-state index in [9.17, 15) is 4.79 Å². The lowest BCUT2D eigenvalue weighted by Crippen LogP contribution is -2.61. The summed E-state index contributed by atoms with van der Waals surface area (Å²) in [5.41, 5.74) is -0.240. The van der Waals surface area contributed by atoms with E-state index in [0.717, 1.165) is 19.6 Å². The third kappa shape index (κ3) is 4.72. The number of carbonyl (C=O) groups is 1. The third-order valence-corrected chi connectivity index (χ3v) is 3.61. The highest BCUT2D eigenvalue weighted by molar-refractivity contribution is 7.99. The molecule has 0 aromatic heterocycles. The molecule has 16 heavy (non-hydrogen) atoms. The Kier molecular flexibility index (Phi) is 5.58. The molecule has 1 aliphatic heterocycles. The molecule has 1 aliphatic rings. The van der Waals surface area contributed by atoms with Gasteiger partial charge in [0, 0.05) is 13.1 Å². The number of likely N-dealkylation sites (tertiary alicyclic amines) is 1. The van der Waals surface area contributed by atoms with Crippen LogP contribution in [-0.2, 0) is 9.53 Å². The van der Waals surface area contributed by atoms with E-state index in [0.29, 0.717) is 0 Å². The molecule has 0 atom stereocenters. The highest BCUT2D eigenvalue weighted by atomic mass is 32.2. The van der Waals surface area contributed by atoms with Crippen molar-refractivity contribution in [1.29, 1.82) is 0 Å². The molecule has 0 radical (unpaired) electrons. The van der Waals surface area contributed by atoms with Crippen LogP contribution in [0.25, 0.3) is 0 Å². The van der Waals surface area contributed by atoms with Crippen molar-refractivity contribution in [2.75, 3.05) is 37.7 Å². The lowest BCUT2D eigenvalue weighted by atomic mass is 9.96. The molecule has 0 spiro atoms. The number of carboxylic acid groups (broad SMARTS) is 1. The molecule has 1 saturated heterocycles. The Morgan fingerprint density at radius 1 is 1.56 bits per heavy atom. The summed E-state index contributed by atoms with van der Waals surface area (Å²) >= 11 is 1.96. The van der Waals surface area contributed by atoms with Gasteiger partial charge in [-0.3, -0.25) is 4.90 Å². The zero-order chi connectivity index (χ0) is 12.0. The van der Waals surface area contributed by atoms with Gasteiger partial charge in [0.2, 0.25) is 0 Å². The Hall–Kier alpha value is -0.260. The van der Waals surface area contributed by atoms with Gasteiger partial charge >= 0.3 is 5.97 Å². The summed E-state index contributed by atoms with van der Waals surface area (Å²) in [5.74, 6) is 1.50. The van der Waals surface area contributed by atoms with Gasteiger partial charge in [0.25, 0.3) is 0 Å². The fourth-order valence-electron chi connectivity index (χ4n) is 1.92. The first-order chi connectivity index (χ1) is 7.56. The molecule has 0 aliphatic carbocycles. The Morgan fingerprint density at radius 2 is 2.25 bits per heavy atom. The molecular formula is C11H21NO3S. The van der Waals surface area contributed by atoms with E-state index in [1.165, 1.54) is 17.9 Å². The van der Waals surface area contributed by atoms with E-state index in [2.05, 4.69) is 11.8 Å². The first-order valence-corrected chi connectivity index (χ1v) is 6.87. The molecule has 94 valence electrons. The highest BCUT2D eigenvalue weighted by Gasteiger charge is 2.39. The maximum absolute atomic E-state index is 10.4. The molecule has 0 aromatic carbocycles. The number of hydrogen-bond acceptors (Lipinski definition) is 4. The standard InChI is InChI=1S/C11H21NO3S/c1-3-16-6-4-5-12-8-11(2,9-12)15-7-10(13)14/h3-9H2,1-2H3,(H,13,14). The zero-order valence-corrected chi connectivity index (χ0v) is 10.9. The van der Waals surface area contributed by atoms with Crippen molar-refractivity contribution in [3.63, 3.8) is 0 Å². The summed E-state index contributed by atoms with van der Waals surface area (Å²) in [4.78, 5) is 12.7. The normalized spacial score (nSPS) is 19.4. The van der Waals surface area contributed by atoms with Crippen molar-refractivity contribution in [2.24, 2.45) is 0 Å². The largest absolute Gasteiger partial charge is 0.480 e. The molecular weight excluding hydrogens is 226 g/mol. The van der Waals surface area contributed by atoms with Crippen LogP contribution in [0.5, 0.6) is 0 Å². The van der Waals surface area contributed by atoms with Crippen LogP contribution in [0.1, 0.15) is 20.3 Å². The topological polar surface area (TPSA) is 49.8 Å². The van der Waals surface area contributed by atoms with Crippen molar-refractivity contribution in [2.45, 2.75) is 25.9 Å². The average molecular weight is 247 g/mol. The smallest absolute Gasteiger partial charge is 0.329 e. The van der Waals surface area contributed by atoms with E-state index < -0.39 is 5.97 Å². The molecule has 0 bridgehead atoms. The van der Waals surface area contributed by atoms with Gasteiger partial charge in [-0.1, -0.05) is 6.92 Å². The molecule has 0 aromatic rings. The maximum Gasteiger partial charge on any atom is 0.329 e. The number of carboxylic acids is 1. The second-order valence-electron chi connectivity index (χ2n) is 4.39. The molecule has 4 nitrogen and oxygen atoms in total. The minimum Gasteiger partial charge on any atom is -0.480 e. The number of thioether (sulfide) groups is 1. The van der Waals surface area contributed by atoms with E-state index in [-0.39, 0.29) is 12.2 Å². The molecule has 0 amide bonds. The number of ether oxygens (including phenoxy) is 1. The SMILES string of the molecule is CCSCCCN1CC(C)(OCC(=O)O)C1. The van der Waals surface area contributed by atoms with Crippen molar-refractivity contribution in [3.05, 3.63) is 0 Å². The fourth-order valence-corrected chi connectivity index (χ4v) is 2.54. The zero-order valence-electron chi connectivity index (χ0n) is 10.1. The van der Waals surface area contributed by atoms with Crippen LogP contribution in [0.4, 0.5) is 0 Å². The predicted molar refractivity (Wildman–Crippen MR) is 66.0 cm³/mol. The van der Waals surface area contributed by atoms with Crippen LogP contribution in [0.2, 0.25) is 0 Å². The number of aliphatic carboxylic acids is 1. The van der Waals surface area contributed by atoms with Gasteiger partial charge in [-0.05, 0) is 31.4 Å². The Morgan fingerprint density at radius 3 is 2.81 bits per heavy atom. The van der Waals surface area contributed by atoms with Gasteiger partial charge in [0.1, 0.15) is 6.61 Å². The van der Waals surface area contributed by atoms with Gasteiger partial charge in [0.05, 0.1) is 5.60 Å². The molecule has 1 heterocycles. The maximum atomic E-state index is 10.4. The predicted octanol–water partition coefficient (Wildman–Crippen LogP) is 1.31. The molecule has 1 N–H and O–H groups in total. The summed E-state index contributed by atoms with van der Waals surface area (Å²) in [6.07, 6.45) is 1.20. The highest BCUT2D eigenvalue weighted by Crippen LogP contribution is 2.24. The summed E-state index contributed by atoms with van der Waals surface area (Å²) in [6.45, 7) is 6.78. The van der Waals surface area contributed by atoms with Crippen LogP contribution in [0.3, 0.4) is 0 Å². The molecule has 1 rings (SSSR count). The summed E-state index contributed by atoms with van der Waals surface area (Å²) < 4.78 is 5.34. The second-order valence-corrected chi connectivity index (χ2v) is 5.79. The number of nitrogens with zero attached hydrogens (tertiary/aromatic N) is 1. The van der Waals surface area contributed by atoms with Crippen LogP contribution < -0.4 is 0 Å². The summed E-state index contributed by atoms with van der Waals surface area (Å²) in [5, 5.41) is 8.52. The third-order valence-electron chi connectivity index (χ3n) is 2.63. The summed E-state index contributed by atoms with van der Waals surface area (Å²) in [6, 6.07) is 0. The van der Waals surface area contributed by atoms with Crippen molar-refractivity contribution < 1.29 is 14.6 Å². The van der Waals surface area contributed by atoms with Gasteiger partial charge < -0.3 is 9.84 Å². The van der Waals surface area contributed by atoms with Crippen LogP contribution >= 0.6 is 11.8 Å². The molecule has 5 heteroatoms. The van der Waals surface area contributed by atoms with E-state index in [4.69, 9.17) is 9.84 Å². The Bertz CT molecular complexity index is 229. The average Bonchev–Trinajstić information content (AvgIpc) is 2.18. The fraction of sp³-hybridized carbons (Fsp3) is 0.909. The van der Waals surface area contributed by atoms with Crippen molar-refractivity contribution in [1.82, 2.24) is 4.90 Å². The van der Waals surface area contributed by atoms with Gasteiger partial charge in [-0.2, -0.15) is 11.8 Å². The number of hydrogen-bond donors (Lipinski definition) is 1. The van der Waals surface area contributed by atoms with E-state index in [1.807, 2.05) is 18.7 Å². The molecule has 0 saturated carbocycles. The first-order valence-electron chi connectivity index (χ1n) is 5.71. The van der Waals surface area contributed by atoms with Crippen LogP contribution in [0.15, 0.2) is 0 Å². The molecule has 0 unspecified atom stereocenters. The second kappa shape index (κ2) is 6.47. The Labute approximate surface area is 101 Å². The van der Waals surface area contributed by atoms with Crippen molar-refractivity contribution in [3.8, 4) is 0 Å². The molecule has 1 fully saturated rings. The number of rotatable bonds is 8. The first kappa shape index (κ1) is 13.8. The minimum atomic E-state index is -0.890. The Balaban J connectivity index is 2.04. The van der Waals surface area contributed by atoms with E-state index in [1.54, 1.807) is 0 Å².